The Morgan fingerprint density at radius 1 is 1.10 bits per heavy atom. The number of rotatable bonds is 3. The summed E-state index contributed by atoms with van der Waals surface area (Å²) in [5, 5.41) is 13.0. The van der Waals surface area contributed by atoms with Crippen LogP contribution in [-0.2, 0) is 11.3 Å². The van der Waals surface area contributed by atoms with Crippen molar-refractivity contribution in [2.24, 2.45) is 0 Å². The summed E-state index contributed by atoms with van der Waals surface area (Å²) in [5.41, 5.74) is 3.33. The van der Waals surface area contributed by atoms with Gasteiger partial charge in [-0.3, -0.25) is 19.3 Å². The summed E-state index contributed by atoms with van der Waals surface area (Å²) in [7, 11) is 0. The van der Waals surface area contributed by atoms with Gasteiger partial charge in [0, 0.05) is 23.4 Å². The van der Waals surface area contributed by atoms with E-state index in [0.29, 0.717) is 45.9 Å². The Morgan fingerprint density at radius 3 is 2.48 bits per heavy atom. The summed E-state index contributed by atoms with van der Waals surface area (Å²) in [4.78, 5) is 39.1. The first-order chi connectivity index (χ1) is 15.0. The number of ketones is 1. The predicted octanol–water partition coefficient (Wildman–Crippen LogP) is 3.57. The zero-order chi connectivity index (χ0) is 21.7. The van der Waals surface area contributed by atoms with Crippen molar-refractivity contribution in [3.8, 4) is 6.07 Å². The molecule has 0 spiro atoms. The minimum Gasteiger partial charge on any atom is -0.463 e. The monoisotopic (exact) mass is 413 g/mol. The molecule has 3 heterocycles. The number of imide groups is 1. The lowest BCUT2D eigenvalue weighted by molar-refractivity contribution is -0.116. The molecule has 0 unspecified atom stereocenters. The molecule has 1 atom stereocenters. The van der Waals surface area contributed by atoms with E-state index in [4.69, 9.17) is 4.42 Å². The van der Waals surface area contributed by atoms with Crippen molar-refractivity contribution in [3.05, 3.63) is 81.6 Å². The highest BCUT2D eigenvalue weighted by molar-refractivity contribution is 6.21. The lowest BCUT2D eigenvalue weighted by Crippen LogP contribution is -2.31. The number of amides is 2. The second-order valence-corrected chi connectivity index (χ2v) is 7.92. The van der Waals surface area contributed by atoms with Crippen molar-refractivity contribution in [3.63, 3.8) is 0 Å². The van der Waals surface area contributed by atoms with Crippen LogP contribution in [-0.4, -0.2) is 22.5 Å². The van der Waals surface area contributed by atoms with Crippen LogP contribution < -0.4 is 5.32 Å². The van der Waals surface area contributed by atoms with Crippen LogP contribution in [0, 0.1) is 11.3 Å². The first-order valence-electron chi connectivity index (χ1n) is 10.2. The predicted molar refractivity (Wildman–Crippen MR) is 109 cm³/mol. The average molecular weight is 413 g/mol. The van der Waals surface area contributed by atoms with E-state index in [0.717, 1.165) is 23.4 Å². The van der Waals surface area contributed by atoms with Crippen molar-refractivity contribution < 1.29 is 18.8 Å². The second-order valence-electron chi connectivity index (χ2n) is 7.92. The van der Waals surface area contributed by atoms with Crippen molar-refractivity contribution in [2.45, 2.75) is 38.6 Å². The van der Waals surface area contributed by atoms with Gasteiger partial charge in [0.2, 0.25) is 0 Å². The molecule has 0 saturated heterocycles. The molecule has 5 rings (SSSR count). The van der Waals surface area contributed by atoms with Gasteiger partial charge in [-0.25, -0.2) is 0 Å². The van der Waals surface area contributed by atoms with Crippen LogP contribution in [0.15, 0.2) is 63.4 Å². The number of fused-ring (bicyclic) bond motifs is 1. The van der Waals surface area contributed by atoms with Gasteiger partial charge < -0.3 is 9.73 Å². The number of dihydropyridines is 1. The van der Waals surface area contributed by atoms with Crippen LogP contribution in [0.3, 0.4) is 0 Å². The third-order valence-electron chi connectivity index (χ3n) is 6.06. The number of hydrogen-bond acceptors (Lipinski definition) is 6. The first-order valence-corrected chi connectivity index (χ1v) is 10.2. The Hall–Kier alpha value is -3.92. The fourth-order valence-corrected chi connectivity index (χ4v) is 4.59. The molecular weight excluding hydrogens is 394 g/mol. The van der Waals surface area contributed by atoms with Gasteiger partial charge in [0.1, 0.15) is 11.5 Å². The first kappa shape index (κ1) is 19.1. The van der Waals surface area contributed by atoms with Crippen molar-refractivity contribution in [2.75, 3.05) is 0 Å². The van der Waals surface area contributed by atoms with Crippen LogP contribution in [0.5, 0.6) is 0 Å². The Bertz CT molecular complexity index is 1220. The molecule has 1 aromatic heterocycles. The zero-order valence-electron chi connectivity index (χ0n) is 16.9. The Labute approximate surface area is 178 Å². The summed E-state index contributed by atoms with van der Waals surface area (Å²) >= 11 is 0. The van der Waals surface area contributed by atoms with E-state index < -0.39 is 5.92 Å². The van der Waals surface area contributed by atoms with Crippen molar-refractivity contribution >= 4 is 17.6 Å². The number of carbonyl (C=O) groups excluding carboxylic acids is 3. The number of Topliss-reactive ketones (excluding diaryl/α,β-unsaturated/α-hetero) is 1. The largest absolute Gasteiger partial charge is 0.463 e. The lowest BCUT2D eigenvalue weighted by atomic mass is 9.78. The van der Waals surface area contributed by atoms with Crippen molar-refractivity contribution in [1.29, 1.82) is 5.26 Å². The molecule has 0 radical (unpaired) electrons. The van der Waals surface area contributed by atoms with E-state index in [1.54, 1.807) is 36.4 Å². The van der Waals surface area contributed by atoms with Crippen LogP contribution >= 0.6 is 0 Å². The minimum atomic E-state index is -0.579. The molecule has 2 aliphatic heterocycles. The highest BCUT2D eigenvalue weighted by Gasteiger charge is 2.39. The summed E-state index contributed by atoms with van der Waals surface area (Å²) in [6.07, 6.45) is 1.96. The number of benzene rings is 1. The summed E-state index contributed by atoms with van der Waals surface area (Å²) < 4.78 is 6.01. The third-order valence-corrected chi connectivity index (χ3v) is 6.06. The number of hydrogen-bond donors (Lipinski definition) is 1. The average Bonchev–Trinajstić information content (AvgIpc) is 3.32. The van der Waals surface area contributed by atoms with Gasteiger partial charge in [-0.1, -0.05) is 12.1 Å². The van der Waals surface area contributed by atoms with Crippen LogP contribution in [0.4, 0.5) is 0 Å². The summed E-state index contributed by atoms with van der Waals surface area (Å²) in [6, 6.07) is 12.3. The molecule has 1 N–H and O–H groups in total. The molecule has 7 heteroatoms. The molecule has 0 bridgehead atoms. The second kappa shape index (κ2) is 7.10. The Morgan fingerprint density at radius 2 is 1.81 bits per heavy atom. The third kappa shape index (κ3) is 2.91. The van der Waals surface area contributed by atoms with E-state index >= 15 is 0 Å². The molecule has 1 aromatic carbocycles. The number of furan rings is 1. The molecule has 154 valence electrons. The quantitative estimate of drug-likeness (QED) is 0.772. The van der Waals surface area contributed by atoms with Crippen LogP contribution in [0.1, 0.15) is 64.3 Å². The van der Waals surface area contributed by atoms with E-state index in [1.807, 2.05) is 6.92 Å². The van der Waals surface area contributed by atoms with E-state index in [9.17, 15) is 19.6 Å². The van der Waals surface area contributed by atoms with E-state index in [-0.39, 0.29) is 24.1 Å². The van der Waals surface area contributed by atoms with Gasteiger partial charge in [-0.2, -0.15) is 5.26 Å². The van der Waals surface area contributed by atoms with Gasteiger partial charge in [0.25, 0.3) is 11.8 Å². The van der Waals surface area contributed by atoms with Gasteiger partial charge in [0.05, 0.1) is 35.2 Å². The summed E-state index contributed by atoms with van der Waals surface area (Å²) in [6.45, 7) is 1.80. The molecule has 0 fully saturated rings. The smallest absolute Gasteiger partial charge is 0.261 e. The molecule has 31 heavy (non-hydrogen) atoms. The fraction of sp³-hybridized carbons (Fsp3) is 0.250. The number of carbonyl (C=O) groups is 3. The molecular formula is C24H19N3O4. The maximum atomic E-state index is 12.7. The normalized spacial score (nSPS) is 20.6. The topological polar surface area (TPSA) is 103 Å². The molecule has 2 aromatic rings. The molecule has 3 aliphatic rings. The maximum absolute atomic E-state index is 12.7. The fourth-order valence-electron chi connectivity index (χ4n) is 4.59. The van der Waals surface area contributed by atoms with Crippen LogP contribution in [0.25, 0.3) is 0 Å². The number of nitriles is 1. The highest BCUT2D eigenvalue weighted by atomic mass is 16.3. The minimum absolute atomic E-state index is 0.0114. The SMILES string of the molecule is CC1=C(C#N)[C@@H](c2ccc(CN3C(=O)c4ccccc4C3=O)o2)C2=C(CCCC2=O)N1. The Balaban J connectivity index is 1.48. The number of nitrogens with one attached hydrogen (secondary N) is 1. The van der Waals surface area contributed by atoms with E-state index in [1.165, 1.54) is 0 Å². The molecule has 7 nitrogen and oxygen atoms in total. The molecule has 2 amide bonds. The lowest BCUT2D eigenvalue weighted by Gasteiger charge is -2.31. The van der Waals surface area contributed by atoms with E-state index in [2.05, 4.69) is 11.4 Å². The Kier molecular flexibility index (Phi) is 4.36. The summed E-state index contributed by atoms with van der Waals surface area (Å²) in [5.74, 6) is -0.403. The van der Waals surface area contributed by atoms with Gasteiger partial charge in [-0.15, -0.1) is 0 Å². The zero-order valence-corrected chi connectivity index (χ0v) is 16.9. The standard InChI is InChI=1S/C24H19N3O4/c1-13-17(11-25)21(22-18(26-13)7-4-8-19(22)28)20-10-9-14(31-20)12-27-23(29)15-5-2-3-6-16(15)24(27)30/h2-3,5-6,9-10,21,26H,4,7-8,12H2,1H3/t21-/m0/s1. The maximum Gasteiger partial charge on any atom is 0.261 e. The number of nitrogens with zero attached hydrogens (tertiary/aromatic N) is 2. The number of allylic oxidation sites excluding steroid dienone is 4. The highest BCUT2D eigenvalue weighted by Crippen LogP contribution is 2.42. The van der Waals surface area contributed by atoms with Crippen LogP contribution in [0.2, 0.25) is 0 Å². The molecule has 0 saturated carbocycles. The van der Waals surface area contributed by atoms with Gasteiger partial charge in [0.15, 0.2) is 5.78 Å². The van der Waals surface area contributed by atoms with Crippen molar-refractivity contribution in [1.82, 2.24) is 10.2 Å². The van der Waals surface area contributed by atoms with Gasteiger partial charge >= 0.3 is 0 Å². The molecule has 1 aliphatic carbocycles. The van der Waals surface area contributed by atoms with Gasteiger partial charge in [-0.05, 0) is 44.0 Å².